The van der Waals surface area contributed by atoms with Gasteiger partial charge in [0.1, 0.15) is 6.23 Å². The molecule has 0 rings (SSSR count). The van der Waals surface area contributed by atoms with Crippen molar-refractivity contribution in [2.75, 3.05) is 13.1 Å². The minimum Gasteiger partial charge on any atom is -0.374 e. The van der Waals surface area contributed by atoms with Gasteiger partial charge in [0, 0.05) is 0 Å². The lowest BCUT2D eigenvalue weighted by molar-refractivity contribution is 0.141. The van der Waals surface area contributed by atoms with E-state index in [2.05, 4.69) is 24.1 Å². The molecule has 0 aromatic carbocycles. The van der Waals surface area contributed by atoms with Gasteiger partial charge < -0.3 is 15.7 Å². The molecule has 3 nitrogen and oxygen atoms in total. The van der Waals surface area contributed by atoms with Crippen LogP contribution in [-0.4, -0.2) is 24.4 Å². The van der Waals surface area contributed by atoms with E-state index >= 15 is 0 Å². The van der Waals surface area contributed by atoms with Gasteiger partial charge >= 0.3 is 0 Å². The summed E-state index contributed by atoms with van der Waals surface area (Å²) in [5.74, 6) is 0. The quantitative estimate of drug-likeness (QED) is 0.372. The molecule has 0 fully saturated rings. The molecule has 0 radical (unpaired) electrons. The number of hydrogen-bond donors (Lipinski definition) is 3. The van der Waals surface area contributed by atoms with Crippen LogP contribution < -0.4 is 10.6 Å². The zero-order chi connectivity index (χ0) is 8.53. The summed E-state index contributed by atoms with van der Waals surface area (Å²) in [5, 5.41) is 15.0. The predicted octanol–water partition coefficient (Wildman–Crippen LogP) is 0.428. The lowest BCUT2D eigenvalue weighted by Gasteiger charge is -2.09. The van der Waals surface area contributed by atoms with Crippen LogP contribution in [0, 0.1) is 0 Å². The summed E-state index contributed by atoms with van der Waals surface area (Å²) in [6.45, 7) is 7.48. The van der Waals surface area contributed by atoms with Gasteiger partial charge in [-0.15, -0.1) is 0 Å². The summed E-state index contributed by atoms with van der Waals surface area (Å²) < 4.78 is 0. The molecule has 0 saturated heterocycles. The van der Waals surface area contributed by atoms with Gasteiger partial charge in [0.15, 0.2) is 0 Å². The lowest BCUT2D eigenvalue weighted by atomic mass is 10.3. The summed E-state index contributed by atoms with van der Waals surface area (Å²) in [6.07, 6.45) is 2.82. The average molecular weight is 158 g/mol. The van der Waals surface area contributed by atoms with E-state index in [0.717, 1.165) is 25.9 Å². The third kappa shape index (κ3) is 7.36. The molecule has 0 aromatic heterocycles. The molecule has 0 aliphatic rings. The standard InChI is InChI=1S/C8H18N2O/c1-3-9-7-5-6-8(11)10-4-2/h4,8-11H,2-3,5-7H2,1H3. The summed E-state index contributed by atoms with van der Waals surface area (Å²) in [6, 6.07) is 0. The number of rotatable bonds is 7. The van der Waals surface area contributed by atoms with Crippen molar-refractivity contribution in [2.24, 2.45) is 0 Å². The number of aliphatic hydroxyl groups excluding tert-OH is 1. The average Bonchev–Trinajstić information content (AvgIpc) is 1.99. The minimum absolute atomic E-state index is 0.439. The molecular formula is C8H18N2O. The number of nitrogens with one attached hydrogen (secondary N) is 2. The molecule has 0 saturated carbocycles. The van der Waals surface area contributed by atoms with E-state index in [9.17, 15) is 0 Å². The van der Waals surface area contributed by atoms with Crippen LogP contribution in [0.15, 0.2) is 12.8 Å². The van der Waals surface area contributed by atoms with Gasteiger partial charge in [0.25, 0.3) is 0 Å². The Balaban J connectivity index is 3.03. The molecule has 66 valence electrons. The molecule has 0 amide bonds. The molecule has 1 unspecified atom stereocenters. The maximum Gasteiger partial charge on any atom is 0.124 e. The highest BCUT2D eigenvalue weighted by Crippen LogP contribution is 1.91. The highest BCUT2D eigenvalue weighted by atomic mass is 16.3. The highest BCUT2D eigenvalue weighted by molar-refractivity contribution is 4.65. The van der Waals surface area contributed by atoms with Gasteiger partial charge in [-0.1, -0.05) is 13.5 Å². The molecule has 0 heterocycles. The Hall–Kier alpha value is -0.540. The van der Waals surface area contributed by atoms with E-state index in [1.807, 2.05) is 0 Å². The molecule has 0 bridgehead atoms. The largest absolute Gasteiger partial charge is 0.374 e. The van der Waals surface area contributed by atoms with Crippen LogP contribution in [0.4, 0.5) is 0 Å². The minimum atomic E-state index is -0.439. The van der Waals surface area contributed by atoms with Crippen molar-refractivity contribution in [3.63, 3.8) is 0 Å². The molecule has 1 atom stereocenters. The lowest BCUT2D eigenvalue weighted by Crippen LogP contribution is -2.25. The first kappa shape index (κ1) is 10.5. The second kappa shape index (κ2) is 7.57. The first-order chi connectivity index (χ1) is 5.31. The molecular weight excluding hydrogens is 140 g/mol. The third-order valence-corrected chi connectivity index (χ3v) is 1.39. The van der Waals surface area contributed by atoms with E-state index in [1.165, 1.54) is 6.20 Å². The SMILES string of the molecule is C=CNC(O)CCCNCC. The monoisotopic (exact) mass is 158 g/mol. The van der Waals surface area contributed by atoms with Crippen LogP contribution in [0.5, 0.6) is 0 Å². The topological polar surface area (TPSA) is 44.3 Å². The van der Waals surface area contributed by atoms with Crippen molar-refractivity contribution < 1.29 is 5.11 Å². The Morgan fingerprint density at radius 1 is 1.64 bits per heavy atom. The van der Waals surface area contributed by atoms with Crippen LogP contribution in [0.3, 0.4) is 0 Å². The van der Waals surface area contributed by atoms with E-state index < -0.39 is 6.23 Å². The summed E-state index contributed by atoms with van der Waals surface area (Å²) in [4.78, 5) is 0. The van der Waals surface area contributed by atoms with Gasteiger partial charge in [0.2, 0.25) is 0 Å². The van der Waals surface area contributed by atoms with Crippen LogP contribution in [-0.2, 0) is 0 Å². The smallest absolute Gasteiger partial charge is 0.124 e. The van der Waals surface area contributed by atoms with Crippen LogP contribution in [0.1, 0.15) is 19.8 Å². The molecule has 3 N–H and O–H groups in total. The number of aliphatic hydroxyl groups is 1. The Bertz CT molecular complexity index is 96.1. The normalized spacial score (nSPS) is 12.5. The first-order valence-corrected chi connectivity index (χ1v) is 4.07. The van der Waals surface area contributed by atoms with Gasteiger partial charge in [0.05, 0.1) is 0 Å². The summed E-state index contributed by atoms with van der Waals surface area (Å²) in [7, 11) is 0. The second-order valence-corrected chi connectivity index (χ2v) is 2.38. The van der Waals surface area contributed by atoms with E-state index in [-0.39, 0.29) is 0 Å². The Labute approximate surface area is 68.5 Å². The van der Waals surface area contributed by atoms with E-state index in [1.54, 1.807) is 0 Å². The van der Waals surface area contributed by atoms with Crippen molar-refractivity contribution in [2.45, 2.75) is 26.0 Å². The fraction of sp³-hybridized carbons (Fsp3) is 0.750. The molecule has 0 aliphatic carbocycles. The van der Waals surface area contributed by atoms with Crippen LogP contribution >= 0.6 is 0 Å². The molecule has 0 aromatic rings. The zero-order valence-corrected chi connectivity index (χ0v) is 7.14. The van der Waals surface area contributed by atoms with Crippen LogP contribution in [0.2, 0.25) is 0 Å². The molecule has 0 spiro atoms. The molecule has 3 heteroatoms. The third-order valence-electron chi connectivity index (χ3n) is 1.39. The van der Waals surface area contributed by atoms with Gasteiger partial charge in [-0.05, 0) is 32.1 Å². The van der Waals surface area contributed by atoms with Gasteiger partial charge in [-0.2, -0.15) is 0 Å². The van der Waals surface area contributed by atoms with E-state index in [0.29, 0.717) is 0 Å². The molecule has 0 aliphatic heterocycles. The maximum atomic E-state index is 9.14. The number of hydrogen-bond acceptors (Lipinski definition) is 3. The van der Waals surface area contributed by atoms with Crippen molar-refractivity contribution in [1.82, 2.24) is 10.6 Å². The van der Waals surface area contributed by atoms with Crippen molar-refractivity contribution in [3.8, 4) is 0 Å². The Kier molecular flexibility index (Phi) is 7.19. The second-order valence-electron chi connectivity index (χ2n) is 2.38. The van der Waals surface area contributed by atoms with Crippen molar-refractivity contribution in [3.05, 3.63) is 12.8 Å². The summed E-state index contributed by atoms with van der Waals surface area (Å²) >= 11 is 0. The first-order valence-electron chi connectivity index (χ1n) is 4.07. The van der Waals surface area contributed by atoms with Gasteiger partial charge in [-0.3, -0.25) is 0 Å². The maximum absolute atomic E-state index is 9.14. The van der Waals surface area contributed by atoms with Crippen molar-refractivity contribution in [1.29, 1.82) is 0 Å². The van der Waals surface area contributed by atoms with Crippen LogP contribution in [0.25, 0.3) is 0 Å². The predicted molar refractivity (Wildman–Crippen MR) is 47.1 cm³/mol. The van der Waals surface area contributed by atoms with Crippen molar-refractivity contribution >= 4 is 0 Å². The Morgan fingerprint density at radius 3 is 2.91 bits per heavy atom. The molecule has 11 heavy (non-hydrogen) atoms. The summed E-state index contributed by atoms with van der Waals surface area (Å²) in [5.41, 5.74) is 0. The van der Waals surface area contributed by atoms with E-state index in [4.69, 9.17) is 5.11 Å². The zero-order valence-electron chi connectivity index (χ0n) is 7.14. The fourth-order valence-electron chi connectivity index (χ4n) is 0.817. The Morgan fingerprint density at radius 2 is 2.36 bits per heavy atom. The fourth-order valence-corrected chi connectivity index (χ4v) is 0.817. The highest BCUT2D eigenvalue weighted by Gasteiger charge is 1.97. The van der Waals surface area contributed by atoms with Gasteiger partial charge in [-0.25, -0.2) is 0 Å².